The number of aromatic nitrogens is 2. The van der Waals surface area contributed by atoms with E-state index in [4.69, 9.17) is 4.74 Å². The van der Waals surface area contributed by atoms with E-state index in [1.807, 2.05) is 16.7 Å². The van der Waals surface area contributed by atoms with Gasteiger partial charge in [-0.3, -0.25) is 4.57 Å². The van der Waals surface area contributed by atoms with Crippen molar-refractivity contribution in [3.05, 3.63) is 47.0 Å². The molecule has 92 valence electrons. The van der Waals surface area contributed by atoms with E-state index in [0.29, 0.717) is 18.7 Å². The Bertz CT molecular complexity index is 629. The van der Waals surface area contributed by atoms with Crippen molar-refractivity contribution in [2.45, 2.75) is 20.3 Å². The van der Waals surface area contributed by atoms with Crippen molar-refractivity contribution < 1.29 is 9.53 Å². The van der Waals surface area contributed by atoms with Crippen LogP contribution in [-0.2, 0) is 11.2 Å². The summed E-state index contributed by atoms with van der Waals surface area (Å²) in [4.78, 5) is 16.1. The Morgan fingerprint density at radius 2 is 2.11 bits per heavy atom. The number of carbonyl (C=O) groups is 1. The van der Waals surface area contributed by atoms with Crippen molar-refractivity contribution in [1.82, 2.24) is 9.55 Å². The highest BCUT2D eigenvalue weighted by Crippen LogP contribution is 2.21. The predicted molar refractivity (Wildman–Crippen MR) is 67.0 cm³/mol. The first-order valence-corrected chi connectivity index (χ1v) is 5.98. The lowest BCUT2D eigenvalue weighted by atomic mass is 10.1. The summed E-state index contributed by atoms with van der Waals surface area (Å²) in [5.41, 5.74) is 4.76. The molecule has 0 aliphatic carbocycles. The van der Waals surface area contributed by atoms with Gasteiger partial charge in [-0.05, 0) is 37.1 Å². The summed E-state index contributed by atoms with van der Waals surface area (Å²) in [6.07, 6.45) is 2.39. The van der Waals surface area contributed by atoms with Gasteiger partial charge in [-0.2, -0.15) is 0 Å². The number of carbonyl (C=O) groups excluding carboxylic acids is 1. The van der Waals surface area contributed by atoms with Crippen LogP contribution in [0.1, 0.15) is 27.3 Å². The molecule has 2 aromatic rings. The molecule has 4 heteroatoms. The van der Waals surface area contributed by atoms with E-state index in [2.05, 4.69) is 24.9 Å². The molecule has 0 amide bonds. The highest BCUT2D eigenvalue weighted by Gasteiger charge is 2.25. The SMILES string of the molecule is Cc1ccc(-n2cnc3c2C(=O)OCC3)cc1C. The third-order valence-corrected chi connectivity index (χ3v) is 3.38. The Morgan fingerprint density at radius 3 is 2.89 bits per heavy atom. The van der Waals surface area contributed by atoms with Gasteiger partial charge in [0.05, 0.1) is 12.3 Å². The zero-order valence-electron chi connectivity index (χ0n) is 10.4. The number of hydrogen-bond acceptors (Lipinski definition) is 3. The molecule has 4 nitrogen and oxygen atoms in total. The minimum atomic E-state index is -0.285. The van der Waals surface area contributed by atoms with Gasteiger partial charge in [0.1, 0.15) is 6.33 Å². The molecular formula is C14H14N2O2. The van der Waals surface area contributed by atoms with Crippen molar-refractivity contribution in [1.29, 1.82) is 0 Å². The van der Waals surface area contributed by atoms with Crippen LogP contribution in [0.15, 0.2) is 24.5 Å². The number of rotatable bonds is 1. The zero-order valence-corrected chi connectivity index (χ0v) is 10.4. The quantitative estimate of drug-likeness (QED) is 0.720. The molecule has 1 aromatic heterocycles. The second kappa shape index (κ2) is 3.98. The average molecular weight is 242 g/mol. The zero-order chi connectivity index (χ0) is 12.7. The third-order valence-electron chi connectivity index (χ3n) is 3.38. The highest BCUT2D eigenvalue weighted by molar-refractivity contribution is 5.90. The van der Waals surface area contributed by atoms with Gasteiger partial charge in [0.15, 0.2) is 5.69 Å². The molecule has 0 fully saturated rings. The van der Waals surface area contributed by atoms with E-state index >= 15 is 0 Å². The Morgan fingerprint density at radius 1 is 1.28 bits per heavy atom. The molecule has 0 atom stereocenters. The van der Waals surface area contributed by atoms with Crippen molar-refractivity contribution in [3.63, 3.8) is 0 Å². The van der Waals surface area contributed by atoms with Crippen LogP contribution in [0.4, 0.5) is 0 Å². The van der Waals surface area contributed by atoms with E-state index in [-0.39, 0.29) is 5.97 Å². The smallest absolute Gasteiger partial charge is 0.357 e. The molecule has 0 bridgehead atoms. The number of nitrogens with zero attached hydrogens (tertiary/aromatic N) is 2. The van der Waals surface area contributed by atoms with Crippen molar-refractivity contribution >= 4 is 5.97 Å². The number of aryl methyl sites for hydroxylation is 2. The number of benzene rings is 1. The summed E-state index contributed by atoms with van der Waals surface area (Å²) >= 11 is 0. The van der Waals surface area contributed by atoms with Crippen molar-refractivity contribution in [2.24, 2.45) is 0 Å². The van der Waals surface area contributed by atoms with Crippen LogP contribution in [-0.4, -0.2) is 22.1 Å². The van der Waals surface area contributed by atoms with E-state index in [0.717, 1.165) is 11.4 Å². The second-order valence-electron chi connectivity index (χ2n) is 4.56. The number of imidazole rings is 1. The molecule has 2 heterocycles. The molecule has 1 aromatic carbocycles. The van der Waals surface area contributed by atoms with Crippen molar-refractivity contribution in [2.75, 3.05) is 6.61 Å². The van der Waals surface area contributed by atoms with Gasteiger partial charge in [0.25, 0.3) is 0 Å². The molecule has 0 saturated heterocycles. The Kier molecular flexibility index (Phi) is 2.44. The summed E-state index contributed by atoms with van der Waals surface area (Å²) < 4.78 is 6.89. The van der Waals surface area contributed by atoms with Crippen LogP contribution in [0.5, 0.6) is 0 Å². The van der Waals surface area contributed by atoms with Crippen LogP contribution in [0.3, 0.4) is 0 Å². The van der Waals surface area contributed by atoms with Gasteiger partial charge in [-0.1, -0.05) is 6.07 Å². The number of esters is 1. The van der Waals surface area contributed by atoms with E-state index in [1.165, 1.54) is 11.1 Å². The minimum Gasteiger partial charge on any atom is -0.461 e. The number of fused-ring (bicyclic) bond motifs is 1. The van der Waals surface area contributed by atoms with E-state index in [1.54, 1.807) is 6.33 Å². The first-order valence-electron chi connectivity index (χ1n) is 5.98. The Balaban J connectivity index is 2.15. The molecule has 0 N–H and O–H groups in total. The summed E-state index contributed by atoms with van der Waals surface area (Å²) in [6.45, 7) is 4.55. The van der Waals surface area contributed by atoms with Gasteiger partial charge >= 0.3 is 5.97 Å². The van der Waals surface area contributed by atoms with Crippen LogP contribution in [0.25, 0.3) is 5.69 Å². The third kappa shape index (κ3) is 1.61. The summed E-state index contributed by atoms with van der Waals surface area (Å²) in [7, 11) is 0. The fourth-order valence-corrected chi connectivity index (χ4v) is 2.16. The Labute approximate surface area is 105 Å². The second-order valence-corrected chi connectivity index (χ2v) is 4.56. The molecule has 3 rings (SSSR count). The summed E-state index contributed by atoms with van der Waals surface area (Å²) in [6, 6.07) is 6.09. The molecule has 0 unspecified atom stereocenters. The lowest BCUT2D eigenvalue weighted by Gasteiger charge is -2.14. The maximum Gasteiger partial charge on any atom is 0.357 e. The fourth-order valence-electron chi connectivity index (χ4n) is 2.16. The monoisotopic (exact) mass is 242 g/mol. The van der Waals surface area contributed by atoms with Crippen molar-refractivity contribution in [3.8, 4) is 5.69 Å². The molecule has 0 saturated carbocycles. The molecule has 1 aliphatic heterocycles. The molecular weight excluding hydrogens is 228 g/mol. The number of hydrogen-bond donors (Lipinski definition) is 0. The molecule has 0 radical (unpaired) electrons. The van der Waals surface area contributed by atoms with E-state index in [9.17, 15) is 4.79 Å². The maximum absolute atomic E-state index is 11.8. The number of cyclic esters (lactones) is 1. The topological polar surface area (TPSA) is 44.1 Å². The summed E-state index contributed by atoms with van der Waals surface area (Å²) in [5, 5.41) is 0. The van der Waals surface area contributed by atoms with Crippen LogP contribution < -0.4 is 0 Å². The van der Waals surface area contributed by atoms with Crippen LogP contribution in [0.2, 0.25) is 0 Å². The predicted octanol–water partition coefficient (Wildman–Crippen LogP) is 2.20. The van der Waals surface area contributed by atoms with E-state index < -0.39 is 0 Å². The average Bonchev–Trinajstić information content (AvgIpc) is 2.78. The first-order chi connectivity index (χ1) is 8.66. The first kappa shape index (κ1) is 11.0. The number of ether oxygens (including phenoxy) is 1. The highest BCUT2D eigenvalue weighted by atomic mass is 16.5. The molecule has 1 aliphatic rings. The standard InChI is InChI=1S/C14H14N2O2/c1-9-3-4-11(7-10(9)2)16-8-15-12-5-6-18-14(17)13(12)16/h3-4,7-8H,5-6H2,1-2H3. The van der Waals surface area contributed by atoms with Gasteiger partial charge in [-0.25, -0.2) is 9.78 Å². The van der Waals surface area contributed by atoms with Crippen LogP contribution >= 0.6 is 0 Å². The van der Waals surface area contributed by atoms with Gasteiger partial charge in [0, 0.05) is 12.1 Å². The normalized spacial score (nSPS) is 14.2. The Hall–Kier alpha value is -2.10. The lowest BCUT2D eigenvalue weighted by molar-refractivity contribution is 0.0468. The van der Waals surface area contributed by atoms with Gasteiger partial charge < -0.3 is 4.74 Å². The van der Waals surface area contributed by atoms with Gasteiger partial charge in [0.2, 0.25) is 0 Å². The fraction of sp³-hybridized carbons (Fsp3) is 0.286. The molecule has 18 heavy (non-hydrogen) atoms. The summed E-state index contributed by atoms with van der Waals surface area (Å²) in [5.74, 6) is -0.285. The largest absolute Gasteiger partial charge is 0.461 e. The minimum absolute atomic E-state index is 0.285. The lowest BCUT2D eigenvalue weighted by Crippen LogP contribution is -2.20. The van der Waals surface area contributed by atoms with Crippen LogP contribution in [0, 0.1) is 13.8 Å². The maximum atomic E-state index is 11.8. The molecule has 0 spiro atoms. The van der Waals surface area contributed by atoms with Gasteiger partial charge in [-0.15, -0.1) is 0 Å².